The van der Waals surface area contributed by atoms with Gasteiger partial charge in [-0.3, -0.25) is 4.79 Å². The number of rotatable bonds is 7. The zero-order valence-corrected chi connectivity index (χ0v) is 18.6. The van der Waals surface area contributed by atoms with E-state index in [1.165, 1.54) is 16.9 Å². The monoisotopic (exact) mass is 427 g/mol. The van der Waals surface area contributed by atoms with Crippen LogP contribution in [0.5, 0.6) is 0 Å². The molecule has 1 fully saturated rings. The van der Waals surface area contributed by atoms with Crippen LogP contribution in [-0.4, -0.2) is 41.3 Å². The van der Waals surface area contributed by atoms with Gasteiger partial charge < -0.3 is 15.5 Å². The summed E-state index contributed by atoms with van der Waals surface area (Å²) >= 11 is 7.24. The van der Waals surface area contributed by atoms with Gasteiger partial charge in [0.05, 0.1) is 0 Å². The first-order valence-electron chi connectivity index (χ1n) is 10.3. The first-order chi connectivity index (χ1) is 14.1. The molecule has 2 aromatic rings. The topological polar surface area (TPSA) is 44.4 Å². The lowest BCUT2D eigenvalue weighted by molar-refractivity contribution is 0.0724. The van der Waals surface area contributed by atoms with Crippen LogP contribution in [0.2, 0.25) is 0 Å². The van der Waals surface area contributed by atoms with E-state index in [0.29, 0.717) is 5.11 Å². The van der Waals surface area contributed by atoms with Crippen molar-refractivity contribution < 1.29 is 4.79 Å². The van der Waals surface area contributed by atoms with Gasteiger partial charge in [0.25, 0.3) is 5.91 Å². The number of hydrogen-bond acceptors (Lipinski definition) is 3. The molecule has 0 aromatic heterocycles. The van der Waals surface area contributed by atoms with E-state index in [-0.39, 0.29) is 5.91 Å². The predicted molar refractivity (Wildman–Crippen MR) is 127 cm³/mol. The molecule has 1 amide bonds. The molecule has 3 rings (SSSR count). The fourth-order valence-electron chi connectivity index (χ4n) is 3.25. The van der Waals surface area contributed by atoms with Crippen LogP contribution in [0.3, 0.4) is 0 Å². The highest BCUT2D eigenvalue weighted by Gasteiger charge is 2.17. The summed E-state index contributed by atoms with van der Waals surface area (Å²) in [4.78, 5) is 15.8. The van der Waals surface area contributed by atoms with Crippen molar-refractivity contribution in [3.05, 3.63) is 59.7 Å². The van der Waals surface area contributed by atoms with Gasteiger partial charge in [0.1, 0.15) is 0 Å². The highest BCUT2D eigenvalue weighted by Crippen LogP contribution is 2.19. The number of nitrogens with zero attached hydrogens (tertiary/aromatic N) is 1. The van der Waals surface area contributed by atoms with Gasteiger partial charge in [-0.25, -0.2) is 0 Å². The van der Waals surface area contributed by atoms with Crippen molar-refractivity contribution in [3.63, 3.8) is 0 Å². The van der Waals surface area contributed by atoms with Crippen LogP contribution < -0.4 is 10.6 Å². The Balaban J connectivity index is 1.35. The van der Waals surface area contributed by atoms with Crippen molar-refractivity contribution in [1.82, 2.24) is 10.2 Å². The van der Waals surface area contributed by atoms with Crippen LogP contribution in [0.15, 0.2) is 53.4 Å². The van der Waals surface area contributed by atoms with Crippen LogP contribution in [-0.2, 0) is 0 Å². The van der Waals surface area contributed by atoms with E-state index in [9.17, 15) is 4.79 Å². The van der Waals surface area contributed by atoms with Gasteiger partial charge in [-0.1, -0.05) is 17.7 Å². The van der Waals surface area contributed by atoms with Gasteiger partial charge in [0.15, 0.2) is 5.11 Å². The van der Waals surface area contributed by atoms with E-state index in [1.807, 2.05) is 40.9 Å². The van der Waals surface area contributed by atoms with E-state index in [1.54, 1.807) is 0 Å². The van der Waals surface area contributed by atoms with E-state index in [0.717, 1.165) is 55.9 Å². The molecule has 29 heavy (non-hydrogen) atoms. The Labute approximate surface area is 183 Å². The molecule has 0 radical (unpaired) electrons. The molecule has 0 bridgehead atoms. The van der Waals surface area contributed by atoms with Crippen LogP contribution in [0, 0.1) is 6.92 Å². The molecule has 4 nitrogen and oxygen atoms in total. The lowest BCUT2D eigenvalue weighted by Gasteiger charge is -2.26. The molecule has 1 aliphatic rings. The minimum absolute atomic E-state index is 0.128. The van der Waals surface area contributed by atoms with Crippen molar-refractivity contribution in [2.75, 3.05) is 30.7 Å². The van der Waals surface area contributed by atoms with E-state index in [2.05, 4.69) is 41.8 Å². The third-order valence-corrected chi connectivity index (χ3v) is 6.27. The number of aryl methyl sites for hydroxylation is 1. The number of thioether (sulfide) groups is 1. The maximum atomic E-state index is 12.5. The number of carbonyl (C=O) groups excluding carboxylic acids is 1. The maximum Gasteiger partial charge on any atom is 0.253 e. The first kappa shape index (κ1) is 21.7. The fourth-order valence-corrected chi connectivity index (χ4v) is 4.32. The summed E-state index contributed by atoms with van der Waals surface area (Å²) < 4.78 is 0. The van der Waals surface area contributed by atoms with Crippen molar-refractivity contribution in [1.29, 1.82) is 0 Å². The SMILES string of the molecule is Cc1ccc(SCCCNC(=S)Nc2ccc(C(=O)N3CCCCC3)cc2)cc1. The smallest absolute Gasteiger partial charge is 0.253 e. The summed E-state index contributed by atoms with van der Waals surface area (Å²) in [6.45, 7) is 4.67. The quantitative estimate of drug-likeness (QED) is 0.366. The fraction of sp³-hybridized carbons (Fsp3) is 0.391. The number of nitrogens with one attached hydrogen (secondary N) is 2. The molecule has 2 aromatic carbocycles. The summed E-state index contributed by atoms with van der Waals surface area (Å²) in [6, 6.07) is 16.2. The van der Waals surface area contributed by atoms with Gasteiger partial charge in [0, 0.05) is 35.8 Å². The molecule has 2 N–H and O–H groups in total. The van der Waals surface area contributed by atoms with Crippen molar-refractivity contribution in [2.45, 2.75) is 37.5 Å². The number of amides is 1. The third-order valence-electron chi connectivity index (χ3n) is 4.93. The highest BCUT2D eigenvalue weighted by atomic mass is 32.2. The Morgan fingerprint density at radius 3 is 2.41 bits per heavy atom. The van der Waals surface area contributed by atoms with Crippen LogP contribution in [0.1, 0.15) is 41.6 Å². The molecule has 0 aliphatic carbocycles. The molecule has 154 valence electrons. The normalized spacial score (nSPS) is 13.8. The lowest BCUT2D eigenvalue weighted by Crippen LogP contribution is -2.35. The summed E-state index contributed by atoms with van der Waals surface area (Å²) in [5.74, 6) is 1.18. The summed E-state index contributed by atoms with van der Waals surface area (Å²) in [5.41, 5.74) is 2.92. The molecule has 6 heteroatoms. The molecule has 0 unspecified atom stereocenters. The molecule has 0 spiro atoms. The van der Waals surface area contributed by atoms with Crippen LogP contribution >= 0.6 is 24.0 Å². The number of likely N-dealkylation sites (tertiary alicyclic amines) is 1. The second-order valence-corrected chi connectivity index (χ2v) is 8.90. The van der Waals surface area contributed by atoms with Crippen molar-refractivity contribution in [3.8, 4) is 0 Å². The second kappa shape index (κ2) is 11.2. The largest absolute Gasteiger partial charge is 0.362 e. The lowest BCUT2D eigenvalue weighted by atomic mass is 10.1. The molecule has 1 heterocycles. The van der Waals surface area contributed by atoms with Gasteiger partial charge in [-0.15, -0.1) is 11.8 Å². The van der Waals surface area contributed by atoms with Crippen molar-refractivity contribution >= 4 is 40.7 Å². The Morgan fingerprint density at radius 1 is 1.03 bits per heavy atom. The Bertz CT molecular complexity index is 800. The van der Waals surface area contributed by atoms with E-state index in [4.69, 9.17) is 12.2 Å². The molecule has 0 saturated carbocycles. The highest BCUT2D eigenvalue weighted by molar-refractivity contribution is 7.99. The first-order valence-corrected chi connectivity index (χ1v) is 11.6. The molecular formula is C23H29N3OS2. The van der Waals surface area contributed by atoms with Gasteiger partial charge >= 0.3 is 0 Å². The van der Waals surface area contributed by atoms with Crippen LogP contribution in [0.25, 0.3) is 0 Å². The second-order valence-electron chi connectivity index (χ2n) is 7.33. The summed E-state index contributed by atoms with van der Waals surface area (Å²) in [5, 5.41) is 7.05. The Kier molecular flexibility index (Phi) is 8.38. The van der Waals surface area contributed by atoms with Crippen LogP contribution in [0.4, 0.5) is 5.69 Å². The molecule has 0 atom stereocenters. The molecule has 1 aliphatic heterocycles. The average Bonchev–Trinajstić information content (AvgIpc) is 2.75. The number of hydrogen-bond donors (Lipinski definition) is 2. The summed E-state index contributed by atoms with van der Waals surface area (Å²) in [7, 11) is 0. The zero-order valence-electron chi connectivity index (χ0n) is 16.9. The minimum Gasteiger partial charge on any atom is -0.362 e. The number of anilines is 1. The molecular weight excluding hydrogens is 398 g/mol. The van der Waals surface area contributed by atoms with E-state index >= 15 is 0 Å². The van der Waals surface area contributed by atoms with Gasteiger partial charge in [-0.2, -0.15) is 0 Å². The van der Waals surface area contributed by atoms with Crippen molar-refractivity contribution in [2.24, 2.45) is 0 Å². The average molecular weight is 428 g/mol. The standard InChI is InChI=1S/C23H29N3OS2/c1-18-6-12-21(13-7-18)29-17-5-14-24-23(28)25-20-10-8-19(9-11-20)22(27)26-15-3-2-4-16-26/h6-13H,2-5,14-17H2,1H3,(H2,24,25,28). The van der Waals surface area contributed by atoms with Gasteiger partial charge in [0.2, 0.25) is 0 Å². The third kappa shape index (κ3) is 7.05. The number of thiocarbonyl (C=S) groups is 1. The van der Waals surface area contributed by atoms with E-state index < -0.39 is 0 Å². The van der Waals surface area contributed by atoms with Gasteiger partial charge in [-0.05, 0) is 87.0 Å². The number of benzene rings is 2. The zero-order chi connectivity index (χ0) is 20.5. The minimum atomic E-state index is 0.128. The Morgan fingerprint density at radius 2 is 1.72 bits per heavy atom. The summed E-state index contributed by atoms with van der Waals surface area (Å²) in [6.07, 6.45) is 4.47. The molecule has 1 saturated heterocycles. The predicted octanol–water partition coefficient (Wildman–Crippen LogP) is 5.09. The number of piperidine rings is 1. The Hall–Kier alpha value is -2.05. The number of carbonyl (C=O) groups is 1. The maximum absolute atomic E-state index is 12.5.